The van der Waals surface area contributed by atoms with Crippen molar-refractivity contribution in [3.05, 3.63) is 47.4 Å². The number of rotatable bonds is 5. The molecule has 0 radical (unpaired) electrons. The van der Waals surface area contributed by atoms with Crippen molar-refractivity contribution in [2.24, 2.45) is 0 Å². The molecule has 1 fully saturated rings. The fourth-order valence-electron chi connectivity index (χ4n) is 3.29. The highest BCUT2D eigenvalue weighted by atomic mass is 32.2. The summed E-state index contributed by atoms with van der Waals surface area (Å²) in [4.78, 5) is 6.12. The molecule has 2 heterocycles. The number of hydrogen-bond acceptors (Lipinski definition) is 5. The molecule has 0 bridgehead atoms. The van der Waals surface area contributed by atoms with Gasteiger partial charge in [-0.15, -0.1) is 0 Å². The van der Waals surface area contributed by atoms with Gasteiger partial charge >= 0.3 is 0 Å². The fraction of sp³-hybridized carbons (Fsp3) is 0.389. The van der Waals surface area contributed by atoms with E-state index in [0.29, 0.717) is 18.8 Å². The lowest BCUT2D eigenvalue weighted by molar-refractivity contribution is 0.315. The van der Waals surface area contributed by atoms with Crippen molar-refractivity contribution in [2.75, 3.05) is 36.8 Å². The zero-order valence-electron chi connectivity index (χ0n) is 15.7. The Hall–Kier alpha value is -2.33. The predicted molar refractivity (Wildman–Crippen MR) is 100 cm³/mol. The highest BCUT2D eigenvalue weighted by Crippen LogP contribution is 2.33. The first-order chi connectivity index (χ1) is 13.1. The van der Waals surface area contributed by atoms with E-state index in [9.17, 15) is 21.6 Å². The third-order valence-electron chi connectivity index (χ3n) is 4.85. The van der Waals surface area contributed by atoms with Crippen molar-refractivity contribution in [3.63, 3.8) is 0 Å². The van der Waals surface area contributed by atoms with Crippen LogP contribution in [0.3, 0.4) is 0 Å². The maximum absolute atomic E-state index is 14.9. The Labute approximate surface area is 162 Å². The average Bonchev–Trinajstić information content (AvgIpc) is 3.07. The Morgan fingerprint density at radius 3 is 2.57 bits per heavy atom. The van der Waals surface area contributed by atoms with Gasteiger partial charge < -0.3 is 9.80 Å². The van der Waals surface area contributed by atoms with Crippen LogP contribution in [0.15, 0.2) is 29.2 Å². The van der Waals surface area contributed by atoms with Crippen molar-refractivity contribution in [1.29, 1.82) is 0 Å². The molecule has 0 amide bonds. The lowest BCUT2D eigenvalue weighted by Gasteiger charge is -2.24. The smallest absolute Gasteiger partial charge is 0.268 e. The van der Waals surface area contributed by atoms with E-state index in [1.807, 2.05) is 28.6 Å². The van der Waals surface area contributed by atoms with E-state index in [2.05, 4.69) is 4.98 Å². The van der Waals surface area contributed by atoms with E-state index >= 15 is 0 Å². The van der Waals surface area contributed by atoms with E-state index in [4.69, 9.17) is 0 Å². The standard InChI is InChI=1S/C18H21F3N4O2S/c1-11-14(25-8-7-12(10-25)24(2)3)9-13(19)18(17(11)21)28(26,27)23-16-6-4-5-15(20)22-16/h4-6,9,12H,7-8,10H2,1-3H3,(H,22,23)/t12-/m1/s1. The summed E-state index contributed by atoms with van der Waals surface area (Å²) < 4.78 is 69.7. The molecule has 1 saturated heterocycles. The summed E-state index contributed by atoms with van der Waals surface area (Å²) in [6.45, 7) is 2.61. The van der Waals surface area contributed by atoms with Crippen molar-refractivity contribution in [1.82, 2.24) is 9.88 Å². The lowest BCUT2D eigenvalue weighted by Crippen LogP contribution is -2.32. The van der Waals surface area contributed by atoms with Gasteiger partial charge in [-0.25, -0.2) is 22.2 Å². The maximum atomic E-state index is 14.9. The average molecular weight is 414 g/mol. The molecule has 0 aliphatic carbocycles. The molecule has 1 aliphatic heterocycles. The summed E-state index contributed by atoms with van der Waals surface area (Å²) in [6, 6.07) is 4.72. The van der Waals surface area contributed by atoms with Gasteiger partial charge in [0.1, 0.15) is 11.6 Å². The van der Waals surface area contributed by atoms with Crippen molar-refractivity contribution >= 4 is 21.5 Å². The molecule has 1 aromatic carbocycles. The van der Waals surface area contributed by atoms with Gasteiger partial charge in [0.15, 0.2) is 10.7 Å². The SMILES string of the molecule is Cc1c(N2CC[C@@H](N(C)C)C2)cc(F)c(S(=O)(=O)Nc2cccc(F)n2)c1F. The number of pyridine rings is 1. The number of nitrogens with one attached hydrogen (secondary N) is 1. The van der Waals surface area contributed by atoms with Gasteiger partial charge in [-0.1, -0.05) is 6.07 Å². The number of likely N-dealkylation sites (N-methyl/N-ethyl adjacent to an activating group) is 1. The molecule has 1 atom stereocenters. The van der Waals surface area contributed by atoms with E-state index in [1.54, 1.807) is 0 Å². The second-order valence-corrected chi connectivity index (χ2v) is 8.57. The van der Waals surface area contributed by atoms with Crippen LogP contribution >= 0.6 is 0 Å². The number of hydrogen-bond donors (Lipinski definition) is 1. The molecule has 3 rings (SSSR count). The van der Waals surface area contributed by atoms with E-state index < -0.39 is 32.5 Å². The first-order valence-electron chi connectivity index (χ1n) is 8.65. The molecule has 0 unspecified atom stereocenters. The number of anilines is 2. The summed E-state index contributed by atoms with van der Waals surface area (Å²) in [7, 11) is -0.765. The van der Waals surface area contributed by atoms with Crippen molar-refractivity contribution < 1.29 is 21.6 Å². The molecule has 1 N–H and O–H groups in total. The van der Waals surface area contributed by atoms with E-state index in [1.165, 1.54) is 19.1 Å². The van der Waals surface area contributed by atoms with Crippen LogP contribution in [-0.2, 0) is 10.0 Å². The molecule has 1 aliphatic rings. The third kappa shape index (κ3) is 3.93. The molecule has 6 nitrogen and oxygen atoms in total. The summed E-state index contributed by atoms with van der Waals surface area (Å²) in [5.41, 5.74) is 0.357. The third-order valence-corrected chi connectivity index (χ3v) is 6.24. The number of benzene rings is 1. The lowest BCUT2D eigenvalue weighted by atomic mass is 10.1. The molecule has 28 heavy (non-hydrogen) atoms. The monoisotopic (exact) mass is 414 g/mol. The summed E-state index contributed by atoms with van der Waals surface area (Å²) >= 11 is 0. The van der Waals surface area contributed by atoms with Gasteiger partial charge in [0.2, 0.25) is 5.95 Å². The van der Waals surface area contributed by atoms with Crippen LogP contribution in [0, 0.1) is 24.5 Å². The van der Waals surface area contributed by atoms with Gasteiger partial charge in [0, 0.05) is 30.4 Å². The highest BCUT2D eigenvalue weighted by molar-refractivity contribution is 7.92. The molecular weight excluding hydrogens is 393 g/mol. The van der Waals surface area contributed by atoms with Crippen LogP contribution in [0.4, 0.5) is 24.7 Å². The predicted octanol–water partition coefficient (Wildman–Crippen LogP) is 2.75. The zero-order chi connectivity index (χ0) is 20.6. The summed E-state index contributed by atoms with van der Waals surface area (Å²) in [6.07, 6.45) is 0.836. The molecule has 0 saturated carbocycles. The van der Waals surface area contributed by atoms with Crippen molar-refractivity contribution in [2.45, 2.75) is 24.3 Å². The fourth-order valence-corrected chi connectivity index (χ4v) is 4.49. The minimum atomic E-state index is -4.63. The Morgan fingerprint density at radius 2 is 1.96 bits per heavy atom. The zero-order valence-corrected chi connectivity index (χ0v) is 16.5. The Balaban J connectivity index is 1.96. The van der Waals surface area contributed by atoms with Gasteiger partial charge in [-0.2, -0.15) is 4.39 Å². The van der Waals surface area contributed by atoms with Gasteiger partial charge in [-0.3, -0.25) is 4.72 Å². The molecule has 0 spiro atoms. The molecule has 152 valence electrons. The minimum absolute atomic E-state index is 0.0355. The van der Waals surface area contributed by atoms with Gasteiger partial charge in [-0.05, 0) is 45.6 Å². The maximum Gasteiger partial charge on any atom is 0.268 e. The molecule has 1 aromatic heterocycles. The van der Waals surface area contributed by atoms with E-state index in [-0.39, 0.29) is 17.4 Å². The van der Waals surface area contributed by atoms with Crippen LogP contribution in [-0.4, -0.2) is 51.5 Å². The van der Waals surface area contributed by atoms with Gasteiger partial charge in [0.25, 0.3) is 10.0 Å². The quantitative estimate of drug-likeness (QED) is 0.763. The first kappa shape index (κ1) is 20.4. The number of nitrogens with zero attached hydrogens (tertiary/aromatic N) is 3. The Morgan fingerprint density at radius 1 is 1.25 bits per heavy atom. The van der Waals surface area contributed by atoms with Gasteiger partial charge in [0.05, 0.1) is 0 Å². The highest BCUT2D eigenvalue weighted by Gasteiger charge is 2.31. The number of halogens is 3. The Kier molecular flexibility index (Phi) is 5.53. The topological polar surface area (TPSA) is 65.5 Å². The van der Waals surface area contributed by atoms with Crippen LogP contribution in [0.1, 0.15) is 12.0 Å². The van der Waals surface area contributed by atoms with Crippen LogP contribution < -0.4 is 9.62 Å². The summed E-state index contributed by atoms with van der Waals surface area (Å²) in [5.74, 6) is -3.67. The first-order valence-corrected chi connectivity index (χ1v) is 10.1. The van der Waals surface area contributed by atoms with Crippen LogP contribution in [0.25, 0.3) is 0 Å². The summed E-state index contributed by atoms with van der Waals surface area (Å²) in [5, 5.41) is 0. The second kappa shape index (κ2) is 7.59. The normalized spacial score (nSPS) is 17.4. The van der Waals surface area contributed by atoms with E-state index in [0.717, 1.165) is 18.6 Å². The number of sulfonamides is 1. The van der Waals surface area contributed by atoms with Crippen LogP contribution in [0.2, 0.25) is 0 Å². The molecular formula is C18H21F3N4O2S. The minimum Gasteiger partial charge on any atom is -0.370 e. The Bertz CT molecular complexity index is 999. The molecule has 2 aromatic rings. The van der Waals surface area contributed by atoms with Crippen LogP contribution in [0.5, 0.6) is 0 Å². The van der Waals surface area contributed by atoms with Crippen molar-refractivity contribution in [3.8, 4) is 0 Å². The molecule has 10 heteroatoms. The number of aromatic nitrogens is 1. The largest absolute Gasteiger partial charge is 0.370 e. The second-order valence-electron chi connectivity index (χ2n) is 6.95.